The molecule has 0 radical (unpaired) electrons. The fraction of sp³-hybridized carbons (Fsp3) is 0.500. The third kappa shape index (κ3) is 2.33. The van der Waals surface area contributed by atoms with E-state index in [1.807, 2.05) is 0 Å². The number of halogens is 2. The highest BCUT2D eigenvalue weighted by molar-refractivity contribution is 6.31. The van der Waals surface area contributed by atoms with Crippen molar-refractivity contribution in [1.82, 2.24) is 5.32 Å². The minimum atomic E-state index is -0.599. The first-order valence-electron chi connectivity index (χ1n) is 5.60. The molecule has 0 aromatic heterocycles. The van der Waals surface area contributed by atoms with Gasteiger partial charge < -0.3 is 15.2 Å². The third-order valence-corrected chi connectivity index (χ3v) is 3.52. The van der Waals surface area contributed by atoms with Crippen molar-refractivity contribution in [1.29, 1.82) is 0 Å². The molecule has 1 aliphatic heterocycles. The Kier molecular flexibility index (Phi) is 3.74. The van der Waals surface area contributed by atoms with Crippen LogP contribution in [0.25, 0.3) is 0 Å². The Labute approximate surface area is 105 Å². The standard InChI is InChI=1S/C12H15ClFNO2/c1-17-12-9(16)6-8(14)11(13)10(12)7-2-4-15-5-3-7/h6-7,15-16H,2-5H2,1H3. The number of methoxy groups -OCH3 is 1. The maximum Gasteiger partial charge on any atom is 0.165 e. The van der Waals surface area contributed by atoms with Crippen LogP contribution in [0.3, 0.4) is 0 Å². The van der Waals surface area contributed by atoms with Gasteiger partial charge in [-0.15, -0.1) is 0 Å². The van der Waals surface area contributed by atoms with Crippen molar-refractivity contribution < 1.29 is 14.2 Å². The van der Waals surface area contributed by atoms with Crippen LogP contribution in [0.15, 0.2) is 6.07 Å². The van der Waals surface area contributed by atoms with Gasteiger partial charge >= 0.3 is 0 Å². The van der Waals surface area contributed by atoms with Crippen LogP contribution in [0.2, 0.25) is 5.02 Å². The lowest BCUT2D eigenvalue weighted by molar-refractivity contribution is 0.356. The fourth-order valence-electron chi connectivity index (χ4n) is 2.30. The van der Waals surface area contributed by atoms with Gasteiger partial charge in [0.1, 0.15) is 5.82 Å². The number of hydrogen-bond donors (Lipinski definition) is 2. The molecule has 5 heteroatoms. The van der Waals surface area contributed by atoms with E-state index in [2.05, 4.69) is 5.32 Å². The lowest BCUT2D eigenvalue weighted by Crippen LogP contribution is -2.27. The summed E-state index contributed by atoms with van der Waals surface area (Å²) in [5.41, 5.74) is 0.591. The van der Waals surface area contributed by atoms with Gasteiger partial charge in [-0.05, 0) is 31.8 Å². The molecule has 1 saturated heterocycles. The lowest BCUT2D eigenvalue weighted by Gasteiger charge is -2.26. The maximum atomic E-state index is 13.5. The van der Waals surface area contributed by atoms with E-state index in [4.69, 9.17) is 16.3 Å². The summed E-state index contributed by atoms with van der Waals surface area (Å²) in [6.45, 7) is 1.73. The van der Waals surface area contributed by atoms with Crippen molar-refractivity contribution in [2.45, 2.75) is 18.8 Å². The second-order valence-electron chi connectivity index (χ2n) is 4.16. The van der Waals surface area contributed by atoms with Crippen LogP contribution < -0.4 is 10.1 Å². The van der Waals surface area contributed by atoms with Crippen molar-refractivity contribution in [3.8, 4) is 11.5 Å². The van der Waals surface area contributed by atoms with Crippen molar-refractivity contribution in [2.24, 2.45) is 0 Å². The molecule has 1 fully saturated rings. The number of nitrogens with one attached hydrogen (secondary N) is 1. The summed E-state index contributed by atoms with van der Waals surface area (Å²) in [6.07, 6.45) is 1.72. The maximum absolute atomic E-state index is 13.5. The summed E-state index contributed by atoms with van der Waals surface area (Å²) < 4.78 is 18.7. The van der Waals surface area contributed by atoms with Gasteiger partial charge in [0, 0.05) is 11.6 Å². The zero-order valence-corrected chi connectivity index (χ0v) is 10.4. The van der Waals surface area contributed by atoms with Crippen LogP contribution in [-0.4, -0.2) is 25.3 Å². The first kappa shape index (κ1) is 12.5. The van der Waals surface area contributed by atoms with Crippen LogP contribution in [0.5, 0.6) is 11.5 Å². The van der Waals surface area contributed by atoms with E-state index in [1.54, 1.807) is 0 Å². The summed E-state index contributed by atoms with van der Waals surface area (Å²) in [4.78, 5) is 0. The van der Waals surface area contributed by atoms with Gasteiger partial charge in [-0.2, -0.15) is 0 Å². The SMILES string of the molecule is COc1c(O)cc(F)c(Cl)c1C1CCNCC1. The molecule has 0 bridgehead atoms. The van der Waals surface area contributed by atoms with Crippen molar-refractivity contribution in [3.05, 3.63) is 22.5 Å². The number of rotatable bonds is 2. The van der Waals surface area contributed by atoms with Gasteiger partial charge in [-0.25, -0.2) is 4.39 Å². The monoisotopic (exact) mass is 259 g/mol. The lowest BCUT2D eigenvalue weighted by atomic mass is 9.89. The highest BCUT2D eigenvalue weighted by atomic mass is 35.5. The minimum Gasteiger partial charge on any atom is -0.504 e. The predicted octanol–water partition coefficient (Wildman–Crippen LogP) is 2.66. The Balaban J connectivity index is 2.48. The highest BCUT2D eigenvalue weighted by Crippen LogP contribution is 2.44. The first-order chi connectivity index (χ1) is 8.15. The third-order valence-electron chi connectivity index (χ3n) is 3.14. The molecule has 1 aromatic carbocycles. The molecule has 2 rings (SSSR count). The number of piperidine rings is 1. The average Bonchev–Trinajstić information content (AvgIpc) is 2.34. The number of ether oxygens (including phenoxy) is 1. The predicted molar refractivity (Wildman–Crippen MR) is 64.5 cm³/mol. The molecule has 0 atom stereocenters. The highest BCUT2D eigenvalue weighted by Gasteiger charge is 2.26. The average molecular weight is 260 g/mol. The summed E-state index contributed by atoms with van der Waals surface area (Å²) in [6, 6.07) is 0.992. The smallest absolute Gasteiger partial charge is 0.165 e. The van der Waals surface area contributed by atoms with Crippen LogP contribution in [0.1, 0.15) is 24.3 Å². The summed E-state index contributed by atoms with van der Waals surface area (Å²) in [5.74, 6) is -0.370. The number of phenols is 1. The van der Waals surface area contributed by atoms with E-state index in [1.165, 1.54) is 7.11 Å². The Bertz CT molecular complexity index is 419. The Hall–Kier alpha value is -1.00. The number of benzene rings is 1. The molecular formula is C12H15ClFNO2. The van der Waals surface area contributed by atoms with E-state index in [9.17, 15) is 9.50 Å². The minimum absolute atomic E-state index is 0.0616. The van der Waals surface area contributed by atoms with Crippen molar-refractivity contribution >= 4 is 11.6 Å². The quantitative estimate of drug-likeness (QED) is 0.858. The van der Waals surface area contributed by atoms with Gasteiger partial charge in [0.15, 0.2) is 11.5 Å². The van der Waals surface area contributed by atoms with Gasteiger partial charge in [-0.3, -0.25) is 0 Å². The van der Waals surface area contributed by atoms with E-state index < -0.39 is 5.82 Å². The van der Waals surface area contributed by atoms with E-state index in [-0.39, 0.29) is 16.7 Å². The van der Waals surface area contributed by atoms with E-state index in [0.717, 1.165) is 32.0 Å². The second-order valence-corrected chi connectivity index (χ2v) is 4.54. The van der Waals surface area contributed by atoms with Crippen LogP contribution in [0, 0.1) is 5.82 Å². The summed E-state index contributed by atoms with van der Waals surface area (Å²) in [5, 5.41) is 13.0. The van der Waals surface area contributed by atoms with Gasteiger partial charge in [0.2, 0.25) is 0 Å². The van der Waals surface area contributed by atoms with Crippen LogP contribution >= 0.6 is 11.6 Å². The van der Waals surface area contributed by atoms with E-state index >= 15 is 0 Å². The normalized spacial score (nSPS) is 17.1. The molecule has 0 unspecified atom stereocenters. The van der Waals surface area contributed by atoms with Crippen molar-refractivity contribution in [2.75, 3.05) is 20.2 Å². The molecule has 0 amide bonds. The molecular weight excluding hydrogens is 245 g/mol. The topological polar surface area (TPSA) is 41.5 Å². The summed E-state index contributed by atoms with van der Waals surface area (Å²) >= 11 is 6.00. The zero-order valence-electron chi connectivity index (χ0n) is 9.59. The van der Waals surface area contributed by atoms with E-state index in [0.29, 0.717) is 11.3 Å². The second kappa shape index (κ2) is 5.10. The molecule has 3 nitrogen and oxygen atoms in total. The molecule has 94 valence electrons. The molecule has 0 saturated carbocycles. The first-order valence-corrected chi connectivity index (χ1v) is 5.98. The largest absolute Gasteiger partial charge is 0.504 e. The van der Waals surface area contributed by atoms with Crippen LogP contribution in [0.4, 0.5) is 4.39 Å². The summed E-state index contributed by atoms with van der Waals surface area (Å²) in [7, 11) is 1.45. The Morgan fingerprint density at radius 1 is 1.47 bits per heavy atom. The van der Waals surface area contributed by atoms with Crippen LogP contribution in [-0.2, 0) is 0 Å². The molecule has 1 heterocycles. The Morgan fingerprint density at radius 3 is 2.71 bits per heavy atom. The molecule has 2 N–H and O–H groups in total. The Morgan fingerprint density at radius 2 is 2.12 bits per heavy atom. The number of phenolic OH excluding ortho intramolecular Hbond substituents is 1. The molecule has 0 aliphatic carbocycles. The van der Waals surface area contributed by atoms with Crippen molar-refractivity contribution in [3.63, 3.8) is 0 Å². The van der Waals surface area contributed by atoms with Gasteiger partial charge in [0.25, 0.3) is 0 Å². The molecule has 0 spiro atoms. The van der Waals surface area contributed by atoms with Gasteiger partial charge in [0.05, 0.1) is 12.1 Å². The van der Waals surface area contributed by atoms with Gasteiger partial charge in [-0.1, -0.05) is 11.6 Å². The molecule has 17 heavy (non-hydrogen) atoms. The number of hydrogen-bond acceptors (Lipinski definition) is 3. The number of aromatic hydroxyl groups is 1. The molecule has 1 aliphatic rings. The zero-order chi connectivity index (χ0) is 12.4. The molecule has 1 aromatic rings. The fourth-order valence-corrected chi connectivity index (χ4v) is 2.60.